The van der Waals surface area contributed by atoms with E-state index in [-0.39, 0.29) is 35.6 Å². The number of hydrogen-bond donors (Lipinski definition) is 1. The van der Waals surface area contributed by atoms with Gasteiger partial charge in [-0.2, -0.15) is 11.8 Å². The van der Waals surface area contributed by atoms with Crippen molar-refractivity contribution in [1.29, 1.82) is 0 Å². The number of likely N-dealkylation sites (tertiary alicyclic amines) is 1. The van der Waals surface area contributed by atoms with Crippen LogP contribution in [0.5, 0.6) is 0 Å². The highest BCUT2D eigenvalue weighted by Gasteiger charge is 2.51. The predicted molar refractivity (Wildman–Crippen MR) is 96.6 cm³/mol. The van der Waals surface area contributed by atoms with Gasteiger partial charge in [0.15, 0.2) is 0 Å². The van der Waals surface area contributed by atoms with Gasteiger partial charge < -0.3 is 5.32 Å². The zero-order valence-electron chi connectivity index (χ0n) is 15.0. The van der Waals surface area contributed by atoms with Crippen molar-refractivity contribution in [3.8, 4) is 0 Å². The molecule has 3 unspecified atom stereocenters. The highest BCUT2D eigenvalue weighted by atomic mass is 32.2. The van der Waals surface area contributed by atoms with Crippen molar-refractivity contribution in [3.05, 3.63) is 0 Å². The zero-order valence-corrected chi connectivity index (χ0v) is 15.9. The predicted octanol–water partition coefficient (Wildman–Crippen LogP) is 2.59. The van der Waals surface area contributed by atoms with Crippen LogP contribution in [-0.2, 0) is 14.4 Å². The highest BCUT2D eigenvalue weighted by Crippen LogP contribution is 2.39. The number of imide groups is 1. The average Bonchev–Trinajstić information content (AvgIpc) is 2.85. The molecule has 0 radical (unpaired) electrons. The molecule has 3 atom stereocenters. The van der Waals surface area contributed by atoms with Crippen molar-refractivity contribution >= 4 is 29.5 Å². The highest BCUT2D eigenvalue weighted by molar-refractivity contribution is 7.98. The first-order chi connectivity index (χ1) is 11.5. The summed E-state index contributed by atoms with van der Waals surface area (Å²) in [5.41, 5.74) is 0. The molecule has 5 nitrogen and oxygen atoms in total. The SMILES string of the molecule is CCC(CC)NC(=O)C(CCSC)N1C(=O)C2CCCCC2C1=O. The molecule has 0 bridgehead atoms. The Hall–Kier alpha value is -1.04. The Morgan fingerprint density at radius 1 is 1.17 bits per heavy atom. The van der Waals surface area contributed by atoms with Crippen LogP contribution >= 0.6 is 11.8 Å². The Kier molecular flexibility index (Phi) is 7.14. The molecule has 2 aliphatic rings. The molecule has 24 heavy (non-hydrogen) atoms. The molecule has 2 rings (SSSR count). The van der Waals surface area contributed by atoms with Gasteiger partial charge in [-0.05, 0) is 44.1 Å². The number of amides is 3. The Balaban J connectivity index is 2.18. The Morgan fingerprint density at radius 2 is 1.71 bits per heavy atom. The van der Waals surface area contributed by atoms with Gasteiger partial charge >= 0.3 is 0 Å². The Labute approximate surface area is 149 Å². The van der Waals surface area contributed by atoms with Gasteiger partial charge in [0.25, 0.3) is 0 Å². The second-order valence-electron chi connectivity index (χ2n) is 6.86. The summed E-state index contributed by atoms with van der Waals surface area (Å²) < 4.78 is 0. The lowest BCUT2D eigenvalue weighted by molar-refractivity contribution is -0.148. The van der Waals surface area contributed by atoms with Crippen LogP contribution in [0, 0.1) is 11.8 Å². The molecular formula is C18H30N2O3S. The standard InChI is InChI=1S/C18H30N2O3S/c1-4-12(5-2)19-16(21)15(10-11-24-3)20-17(22)13-8-6-7-9-14(13)18(20)23/h12-15H,4-11H2,1-3H3,(H,19,21). The normalized spacial score (nSPS) is 25.1. The second-order valence-corrected chi connectivity index (χ2v) is 7.85. The molecule has 1 N–H and O–H groups in total. The molecule has 3 amide bonds. The maximum atomic E-state index is 12.8. The summed E-state index contributed by atoms with van der Waals surface area (Å²) in [6.45, 7) is 4.07. The van der Waals surface area contributed by atoms with Crippen molar-refractivity contribution in [2.75, 3.05) is 12.0 Å². The van der Waals surface area contributed by atoms with E-state index in [0.29, 0.717) is 6.42 Å². The lowest BCUT2D eigenvalue weighted by Crippen LogP contribution is -2.52. The number of carbonyl (C=O) groups is 3. The summed E-state index contributed by atoms with van der Waals surface area (Å²) in [5.74, 6) is -0.0232. The molecular weight excluding hydrogens is 324 g/mol. The first-order valence-electron chi connectivity index (χ1n) is 9.21. The minimum Gasteiger partial charge on any atom is -0.352 e. The third-order valence-corrected chi connectivity index (χ3v) is 6.06. The second kappa shape index (κ2) is 8.88. The van der Waals surface area contributed by atoms with E-state index in [9.17, 15) is 14.4 Å². The van der Waals surface area contributed by atoms with Gasteiger partial charge in [-0.3, -0.25) is 19.3 Å². The van der Waals surface area contributed by atoms with E-state index in [2.05, 4.69) is 5.32 Å². The molecule has 136 valence electrons. The number of nitrogens with one attached hydrogen (secondary N) is 1. The summed E-state index contributed by atoms with van der Waals surface area (Å²) in [6, 6.07) is -0.548. The van der Waals surface area contributed by atoms with Crippen molar-refractivity contribution in [3.63, 3.8) is 0 Å². The molecule has 0 spiro atoms. The zero-order chi connectivity index (χ0) is 17.7. The minimum atomic E-state index is -0.649. The van der Waals surface area contributed by atoms with E-state index in [4.69, 9.17) is 0 Å². The number of rotatable bonds is 8. The van der Waals surface area contributed by atoms with E-state index in [1.807, 2.05) is 20.1 Å². The quantitative estimate of drug-likeness (QED) is 0.681. The van der Waals surface area contributed by atoms with Gasteiger partial charge in [-0.25, -0.2) is 0 Å². The maximum absolute atomic E-state index is 12.8. The molecule has 0 aromatic carbocycles. The van der Waals surface area contributed by atoms with Crippen LogP contribution in [0.25, 0.3) is 0 Å². The number of thioether (sulfide) groups is 1. The van der Waals surface area contributed by atoms with Crippen LogP contribution in [0.4, 0.5) is 0 Å². The van der Waals surface area contributed by atoms with Crippen LogP contribution in [0.15, 0.2) is 0 Å². The first kappa shape index (κ1) is 19.3. The summed E-state index contributed by atoms with van der Waals surface area (Å²) >= 11 is 1.64. The monoisotopic (exact) mass is 354 g/mol. The maximum Gasteiger partial charge on any atom is 0.243 e. The smallest absolute Gasteiger partial charge is 0.243 e. The van der Waals surface area contributed by atoms with E-state index in [1.165, 1.54) is 4.90 Å². The molecule has 6 heteroatoms. The fraction of sp³-hybridized carbons (Fsp3) is 0.833. The van der Waals surface area contributed by atoms with E-state index >= 15 is 0 Å². The third kappa shape index (κ3) is 3.95. The lowest BCUT2D eigenvalue weighted by atomic mass is 9.81. The molecule has 1 heterocycles. The topological polar surface area (TPSA) is 66.5 Å². The molecule has 1 saturated carbocycles. The van der Waals surface area contributed by atoms with Crippen molar-refractivity contribution in [1.82, 2.24) is 10.2 Å². The Bertz CT molecular complexity index is 455. The van der Waals surface area contributed by atoms with Crippen LogP contribution < -0.4 is 5.32 Å². The van der Waals surface area contributed by atoms with Gasteiger partial charge in [-0.15, -0.1) is 0 Å². The van der Waals surface area contributed by atoms with Crippen LogP contribution in [-0.4, -0.2) is 46.7 Å². The largest absolute Gasteiger partial charge is 0.352 e. The Morgan fingerprint density at radius 3 is 2.17 bits per heavy atom. The molecule has 0 aromatic rings. The van der Waals surface area contributed by atoms with E-state index in [1.54, 1.807) is 11.8 Å². The summed E-state index contributed by atoms with van der Waals surface area (Å²) in [6.07, 6.45) is 7.79. The summed E-state index contributed by atoms with van der Waals surface area (Å²) in [7, 11) is 0. The van der Waals surface area contributed by atoms with Crippen molar-refractivity contribution < 1.29 is 14.4 Å². The third-order valence-electron chi connectivity index (χ3n) is 5.42. The van der Waals surface area contributed by atoms with Crippen LogP contribution in [0.1, 0.15) is 58.8 Å². The molecule has 1 aliphatic carbocycles. The van der Waals surface area contributed by atoms with Gasteiger partial charge in [0.05, 0.1) is 11.8 Å². The van der Waals surface area contributed by atoms with E-state index < -0.39 is 6.04 Å². The van der Waals surface area contributed by atoms with Gasteiger partial charge in [-0.1, -0.05) is 26.7 Å². The van der Waals surface area contributed by atoms with Gasteiger partial charge in [0.1, 0.15) is 6.04 Å². The summed E-state index contributed by atoms with van der Waals surface area (Å²) in [5, 5.41) is 3.03. The van der Waals surface area contributed by atoms with Gasteiger partial charge in [0, 0.05) is 6.04 Å². The molecule has 1 aliphatic heterocycles. The number of nitrogens with zero attached hydrogens (tertiary/aromatic N) is 1. The number of carbonyl (C=O) groups excluding carboxylic acids is 3. The lowest BCUT2D eigenvalue weighted by Gasteiger charge is -2.27. The fourth-order valence-electron chi connectivity index (χ4n) is 3.89. The van der Waals surface area contributed by atoms with Gasteiger partial charge in [0.2, 0.25) is 17.7 Å². The minimum absolute atomic E-state index is 0.101. The van der Waals surface area contributed by atoms with E-state index in [0.717, 1.165) is 44.3 Å². The van der Waals surface area contributed by atoms with Crippen LogP contribution in [0.3, 0.4) is 0 Å². The van der Waals surface area contributed by atoms with Crippen LogP contribution in [0.2, 0.25) is 0 Å². The van der Waals surface area contributed by atoms with Crippen molar-refractivity contribution in [2.24, 2.45) is 11.8 Å². The van der Waals surface area contributed by atoms with Crippen molar-refractivity contribution in [2.45, 2.75) is 70.9 Å². The summed E-state index contributed by atoms with van der Waals surface area (Å²) in [4.78, 5) is 39.7. The molecule has 2 fully saturated rings. The molecule has 0 aromatic heterocycles. The fourth-order valence-corrected chi connectivity index (χ4v) is 4.35. The first-order valence-corrected chi connectivity index (χ1v) is 10.6. The average molecular weight is 355 g/mol. The number of fused-ring (bicyclic) bond motifs is 1. The number of hydrogen-bond acceptors (Lipinski definition) is 4. The molecule has 1 saturated heterocycles.